The van der Waals surface area contributed by atoms with E-state index in [1.807, 2.05) is 13.0 Å². The van der Waals surface area contributed by atoms with E-state index in [1.165, 1.54) is 4.90 Å². The van der Waals surface area contributed by atoms with Crippen LogP contribution in [0.2, 0.25) is 0 Å². The minimum absolute atomic E-state index is 0.0112. The van der Waals surface area contributed by atoms with Gasteiger partial charge in [0.15, 0.2) is 9.84 Å². The summed E-state index contributed by atoms with van der Waals surface area (Å²) in [6.07, 6.45) is 0. The monoisotopic (exact) mass is 342 g/mol. The maximum Gasteiger partial charge on any atom is 0.317 e. The number of hydrogen-bond donors (Lipinski definition) is 1. The van der Waals surface area contributed by atoms with Gasteiger partial charge in [0.05, 0.1) is 31.8 Å². The van der Waals surface area contributed by atoms with Crippen molar-refractivity contribution >= 4 is 15.9 Å². The molecular weight excluding hydrogens is 320 g/mol. The maximum atomic E-state index is 12.3. The summed E-state index contributed by atoms with van der Waals surface area (Å²) in [7, 11) is 0.130. The number of sulfone groups is 1. The Hall–Kier alpha value is -1.96. The van der Waals surface area contributed by atoms with Crippen LogP contribution in [0.3, 0.4) is 0 Å². The normalized spacial score (nSPS) is 18.1. The van der Waals surface area contributed by atoms with Gasteiger partial charge in [0.25, 0.3) is 0 Å². The molecule has 8 heteroatoms. The van der Waals surface area contributed by atoms with Gasteiger partial charge in [-0.2, -0.15) is 0 Å². The standard InChI is InChI=1S/C15H22N2O5S/c1-11(13-10-12(21-2)4-5-14(13)22-3)16-15(18)17-6-8-23(19,20)9-7-17/h4-5,10-11H,6-9H2,1-3H3,(H,16,18)/t11-/m1/s1. The molecule has 1 aliphatic heterocycles. The van der Waals surface area contributed by atoms with Crippen LogP contribution < -0.4 is 14.8 Å². The van der Waals surface area contributed by atoms with E-state index >= 15 is 0 Å². The van der Waals surface area contributed by atoms with Gasteiger partial charge in [-0.25, -0.2) is 13.2 Å². The second-order valence-electron chi connectivity index (χ2n) is 5.42. The van der Waals surface area contributed by atoms with E-state index in [1.54, 1.807) is 26.4 Å². The molecule has 2 rings (SSSR count). The highest BCUT2D eigenvalue weighted by atomic mass is 32.2. The van der Waals surface area contributed by atoms with Crippen molar-refractivity contribution in [1.29, 1.82) is 0 Å². The van der Waals surface area contributed by atoms with Crippen molar-refractivity contribution in [2.24, 2.45) is 0 Å². The minimum Gasteiger partial charge on any atom is -0.497 e. The van der Waals surface area contributed by atoms with E-state index in [0.29, 0.717) is 11.5 Å². The molecule has 1 fully saturated rings. The molecule has 1 aromatic carbocycles. The number of benzene rings is 1. The Morgan fingerprint density at radius 1 is 1.22 bits per heavy atom. The van der Waals surface area contributed by atoms with Gasteiger partial charge in [-0.05, 0) is 25.1 Å². The first-order chi connectivity index (χ1) is 10.9. The molecule has 0 unspecified atom stereocenters. The Morgan fingerprint density at radius 2 is 1.87 bits per heavy atom. The van der Waals surface area contributed by atoms with Crippen molar-refractivity contribution in [3.8, 4) is 11.5 Å². The first-order valence-corrected chi connectivity index (χ1v) is 9.16. The lowest BCUT2D eigenvalue weighted by Gasteiger charge is -2.28. The van der Waals surface area contributed by atoms with Crippen LogP contribution in [0.1, 0.15) is 18.5 Å². The molecule has 7 nitrogen and oxygen atoms in total. The van der Waals surface area contributed by atoms with E-state index in [4.69, 9.17) is 9.47 Å². The van der Waals surface area contributed by atoms with Crippen molar-refractivity contribution < 1.29 is 22.7 Å². The Balaban J connectivity index is 2.06. The molecule has 1 aliphatic rings. The van der Waals surface area contributed by atoms with Crippen LogP contribution in [0.5, 0.6) is 11.5 Å². The number of carbonyl (C=O) groups excluding carboxylic acids is 1. The minimum atomic E-state index is -3.01. The number of urea groups is 1. The summed E-state index contributed by atoms with van der Waals surface area (Å²) in [5.41, 5.74) is 0.796. The second-order valence-corrected chi connectivity index (χ2v) is 7.72. The van der Waals surface area contributed by atoms with E-state index in [0.717, 1.165) is 5.56 Å². The molecule has 0 radical (unpaired) electrons. The highest BCUT2D eigenvalue weighted by molar-refractivity contribution is 7.91. The van der Waals surface area contributed by atoms with Gasteiger partial charge < -0.3 is 19.7 Å². The quantitative estimate of drug-likeness (QED) is 0.889. The molecule has 0 bridgehead atoms. The highest BCUT2D eigenvalue weighted by Crippen LogP contribution is 2.29. The molecule has 23 heavy (non-hydrogen) atoms. The van der Waals surface area contributed by atoms with Crippen molar-refractivity contribution in [2.75, 3.05) is 38.8 Å². The van der Waals surface area contributed by atoms with Crippen molar-refractivity contribution in [1.82, 2.24) is 10.2 Å². The van der Waals surface area contributed by atoms with Crippen molar-refractivity contribution in [2.45, 2.75) is 13.0 Å². The largest absolute Gasteiger partial charge is 0.497 e. The molecule has 0 saturated carbocycles. The molecule has 1 N–H and O–H groups in total. The molecule has 2 amide bonds. The number of carbonyl (C=O) groups is 1. The van der Waals surface area contributed by atoms with Gasteiger partial charge in [-0.15, -0.1) is 0 Å². The summed E-state index contributed by atoms with van der Waals surface area (Å²) in [6, 6.07) is 4.80. The van der Waals surface area contributed by atoms with Gasteiger partial charge >= 0.3 is 6.03 Å². The fourth-order valence-corrected chi connectivity index (χ4v) is 3.65. The van der Waals surface area contributed by atoms with Crippen LogP contribution >= 0.6 is 0 Å². The van der Waals surface area contributed by atoms with Crippen LogP contribution in [0.15, 0.2) is 18.2 Å². The number of nitrogens with zero attached hydrogens (tertiary/aromatic N) is 1. The molecule has 0 aromatic heterocycles. The third kappa shape index (κ3) is 4.28. The van der Waals surface area contributed by atoms with E-state index in [9.17, 15) is 13.2 Å². The summed E-state index contributed by atoms with van der Waals surface area (Å²) >= 11 is 0. The number of ether oxygens (including phenoxy) is 2. The Kier molecular flexibility index (Phi) is 5.35. The zero-order valence-electron chi connectivity index (χ0n) is 13.5. The van der Waals surface area contributed by atoms with Crippen LogP contribution in [0.25, 0.3) is 0 Å². The maximum absolute atomic E-state index is 12.3. The molecule has 1 atom stereocenters. The number of hydrogen-bond acceptors (Lipinski definition) is 5. The van der Waals surface area contributed by atoms with Gasteiger partial charge in [0.1, 0.15) is 11.5 Å². The van der Waals surface area contributed by atoms with Gasteiger partial charge in [0, 0.05) is 18.7 Å². The average Bonchev–Trinajstić information content (AvgIpc) is 2.53. The van der Waals surface area contributed by atoms with Crippen LogP contribution in [-0.2, 0) is 9.84 Å². The van der Waals surface area contributed by atoms with Gasteiger partial charge in [-0.1, -0.05) is 0 Å². The van der Waals surface area contributed by atoms with E-state index < -0.39 is 9.84 Å². The highest BCUT2D eigenvalue weighted by Gasteiger charge is 2.26. The number of rotatable bonds is 4. The first kappa shape index (κ1) is 17.4. The summed E-state index contributed by atoms with van der Waals surface area (Å²) in [6.45, 7) is 2.28. The summed E-state index contributed by atoms with van der Waals surface area (Å²) in [5, 5.41) is 2.88. The Morgan fingerprint density at radius 3 is 2.43 bits per heavy atom. The SMILES string of the molecule is COc1ccc(OC)c([C@@H](C)NC(=O)N2CCS(=O)(=O)CC2)c1. The molecule has 128 valence electrons. The van der Waals surface area contributed by atoms with Gasteiger partial charge in [-0.3, -0.25) is 0 Å². The lowest BCUT2D eigenvalue weighted by molar-refractivity contribution is 0.198. The third-order valence-corrected chi connectivity index (χ3v) is 5.48. The molecule has 0 aliphatic carbocycles. The average molecular weight is 342 g/mol. The van der Waals surface area contributed by atoms with Crippen LogP contribution in [0, 0.1) is 0 Å². The van der Waals surface area contributed by atoms with Crippen molar-refractivity contribution in [3.63, 3.8) is 0 Å². The molecule has 1 saturated heterocycles. The Labute approximate surface area is 136 Å². The number of amides is 2. The first-order valence-electron chi connectivity index (χ1n) is 7.34. The zero-order chi connectivity index (χ0) is 17.0. The van der Waals surface area contributed by atoms with Crippen LogP contribution in [0.4, 0.5) is 4.79 Å². The lowest BCUT2D eigenvalue weighted by Crippen LogP contribution is -2.48. The van der Waals surface area contributed by atoms with Crippen molar-refractivity contribution in [3.05, 3.63) is 23.8 Å². The molecule has 1 aromatic rings. The lowest BCUT2D eigenvalue weighted by atomic mass is 10.1. The predicted molar refractivity (Wildman–Crippen MR) is 86.7 cm³/mol. The number of methoxy groups -OCH3 is 2. The Bertz CT molecular complexity index is 660. The fraction of sp³-hybridized carbons (Fsp3) is 0.533. The summed E-state index contributed by atoms with van der Waals surface area (Å²) < 4.78 is 33.4. The predicted octanol–water partition coefficient (Wildman–Crippen LogP) is 1.20. The molecular formula is C15H22N2O5S. The second kappa shape index (κ2) is 7.08. The summed E-state index contributed by atoms with van der Waals surface area (Å²) in [4.78, 5) is 13.8. The van der Waals surface area contributed by atoms with E-state index in [2.05, 4.69) is 5.32 Å². The van der Waals surface area contributed by atoms with Gasteiger partial charge in [0.2, 0.25) is 0 Å². The number of nitrogens with one attached hydrogen (secondary N) is 1. The smallest absolute Gasteiger partial charge is 0.317 e. The fourth-order valence-electron chi connectivity index (χ4n) is 2.45. The molecule has 0 spiro atoms. The van der Waals surface area contributed by atoms with Crippen LogP contribution in [-0.4, -0.2) is 58.2 Å². The third-order valence-electron chi connectivity index (χ3n) is 3.87. The zero-order valence-corrected chi connectivity index (χ0v) is 14.4. The topological polar surface area (TPSA) is 84.9 Å². The summed E-state index contributed by atoms with van der Waals surface area (Å²) in [5.74, 6) is 1.35. The van der Waals surface area contributed by atoms with E-state index in [-0.39, 0.29) is 36.7 Å². The molecule has 1 heterocycles.